The Kier molecular flexibility index (Phi) is 10.5. The third-order valence-corrected chi connectivity index (χ3v) is 7.61. The maximum atomic E-state index is 14.0. The number of hydrogen-bond acceptors (Lipinski definition) is 4. The van der Waals surface area contributed by atoms with E-state index in [9.17, 15) is 18.0 Å². The fourth-order valence-electron chi connectivity index (χ4n) is 4.46. The molecule has 1 N–H and O–H groups in total. The van der Waals surface area contributed by atoms with Crippen molar-refractivity contribution in [1.82, 2.24) is 10.2 Å². The number of rotatable bonds is 12. The van der Waals surface area contributed by atoms with Gasteiger partial charge in [-0.3, -0.25) is 13.9 Å². The van der Waals surface area contributed by atoms with Gasteiger partial charge < -0.3 is 10.2 Å². The number of halogens is 1. The lowest BCUT2D eigenvalue weighted by Crippen LogP contribution is -2.53. The Morgan fingerprint density at radius 1 is 0.923 bits per heavy atom. The number of carbonyl (C=O) groups excluding carboxylic acids is 2. The number of amides is 2. The molecule has 3 aromatic rings. The third kappa shape index (κ3) is 8.83. The molecule has 0 bridgehead atoms. The molecule has 0 aliphatic carbocycles. The van der Waals surface area contributed by atoms with Crippen LogP contribution in [-0.2, 0) is 32.6 Å². The summed E-state index contributed by atoms with van der Waals surface area (Å²) in [7, 11) is -3.81. The van der Waals surface area contributed by atoms with Gasteiger partial charge in [0.2, 0.25) is 21.8 Å². The first kappa shape index (κ1) is 30.2. The largest absolute Gasteiger partial charge is 0.354 e. The summed E-state index contributed by atoms with van der Waals surface area (Å²) < 4.78 is 26.9. The average Bonchev–Trinajstić information content (AvgIpc) is 2.87. The van der Waals surface area contributed by atoms with Crippen molar-refractivity contribution in [2.75, 3.05) is 23.7 Å². The molecule has 1 unspecified atom stereocenters. The number of nitrogens with one attached hydrogen (secondary N) is 1. The van der Waals surface area contributed by atoms with Crippen molar-refractivity contribution in [3.8, 4) is 0 Å². The zero-order chi connectivity index (χ0) is 28.6. The van der Waals surface area contributed by atoms with Gasteiger partial charge in [0.15, 0.2) is 0 Å². The Morgan fingerprint density at radius 3 is 2.15 bits per heavy atom. The number of carbonyl (C=O) groups is 2. The second kappa shape index (κ2) is 13.6. The van der Waals surface area contributed by atoms with E-state index in [1.165, 1.54) is 4.90 Å². The van der Waals surface area contributed by atoms with Crippen LogP contribution in [0.25, 0.3) is 0 Å². The van der Waals surface area contributed by atoms with Crippen LogP contribution in [0, 0.1) is 13.8 Å². The van der Waals surface area contributed by atoms with Crippen LogP contribution in [0.1, 0.15) is 35.6 Å². The van der Waals surface area contributed by atoms with Crippen molar-refractivity contribution in [3.05, 3.63) is 100 Å². The Morgan fingerprint density at radius 2 is 1.56 bits per heavy atom. The van der Waals surface area contributed by atoms with Crippen LogP contribution in [0.15, 0.2) is 72.8 Å². The summed E-state index contributed by atoms with van der Waals surface area (Å²) >= 11 is 6.23. The van der Waals surface area contributed by atoms with Crippen LogP contribution in [0.2, 0.25) is 5.02 Å². The SMILES string of the molecule is CCCNC(=O)C(Cc1ccccc1)N(Cc1cccc(Cl)c1)C(=O)CN(c1cc(C)cc(C)c1)S(C)(=O)=O. The Labute approximate surface area is 236 Å². The van der Waals surface area contributed by atoms with E-state index in [0.717, 1.165) is 39.2 Å². The van der Waals surface area contributed by atoms with Gasteiger partial charge in [0.1, 0.15) is 12.6 Å². The fraction of sp³-hybridized carbons (Fsp3) is 0.333. The van der Waals surface area contributed by atoms with Gasteiger partial charge in [-0.1, -0.05) is 67.1 Å². The van der Waals surface area contributed by atoms with E-state index in [-0.39, 0.29) is 18.9 Å². The molecule has 208 valence electrons. The van der Waals surface area contributed by atoms with Gasteiger partial charge in [0.25, 0.3) is 0 Å². The first-order valence-electron chi connectivity index (χ1n) is 12.9. The highest BCUT2D eigenvalue weighted by Crippen LogP contribution is 2.23. The average molecular weight is 570 g/mol. The quantitative estimate of drug-likeness (QED) is 0.336. The van der Waals surface area contributed by atoms with Gasteiger partial charge in [-0.05, 0) is 66.8 Å². The van der Waals surface area contributed by atoms with E-state index in [4.69, 9.17) is 11.6 Å². The molecular weight excluding hydrogens is 534 g/mol. The minimum absolute atomic E-state index is 0.0842. The number of hydrogen-bond donors (Lipinski definition) is 1. The summed E-state index contributed by atoms with van der Waals surface area (Å²) in [5, 5.41) is 3.43. The van der Waals surface area contributed by atoms with Gasteiger partial charge in [0, 0.05) is 24.5 Å². The van der Waals surface area contributed by atoms with Crippen LogP contribution in [0.5, 0.6) is 0 Å². The van der Waals surface area contributed by atoms with Gasteiger partial charge in [-0.25, -0.2) is 8.42 Å². The van der Waals surface area contributed by atoms with Crippen LogP contribution in [-0.4, -0.2) is 50.5 Å². The minimum Gasteiger partial charge on any atom is -0.354 e. The molecule has 0 fully saturated rings. The number of benzene rings is 3. The molecule has 7 nitrogen and oxygen atoms in total. The minimum atomic E-state index is -3.81. The molecule has 0 saturated carbocycles. The predicted molar refractivity (Wildman–Crippen MR) is 157 cm³/mol. The van der Waals surface area contributed by atoms with Gasteiger partial charge in [0.05, 0.1) is 11.9 Å². The predicted octanol–water partition coefficient (Wildman–Crippen LogP) is 4.89. The molecule has 0 aliphatic heterocycles. The Hall–Kier alpha value is -3.36. The fourth-order valence-corrected chi connectivity index (χ4v) is 5.51. The summed E-state index contributed by atoms with van der Waals surface area (Å²) in [4.78, 5) is 29.0. The van der Waals surface area contributed by atoms with Crippen LogP contribution >= 0.6 is 11.6 Å². The molecule has 39 heavy (non-hydrogen) atoms. The van der Waals surface area contributed by atoms with Crippen molar-refractivity contribution >= 4 is 39.1 Å². The summed E-state index contributed by atoms with van der Waals surface area (Å²) in [6.07, 6.45) is 2.08. The molecule has 0 spiro atoms. The molecule has 2 amide bonds. The zero-order valence-corrected chi connectivity index (χ0v) is 24.4. The highest BCUT2D eigenvalue weighted by Gasteiger charge is 2.33. The van der Waals surface area contributed by atoms with E-state index >= 15 is 0 Å². The van der Waals surface area contributed by atoms with Gasteiger partial charge in [-0.15, -0.1) is 0 Å². The first-order chi connectivity index (χ1) is 18.5. The highest BCUT2D eigenvalue weighted by atomic mass is 35.5. The van der Waals surface area contributed by atoms with E-state index in [1.54, 1.807) is 30.3 Å². The molecule has 1 atom stereocenters. The summed E-state index contributed by atoms with van der Waals surface area (Å²) in [5.41, 5.74) is 3.77. The summed E-state index contributed by atoms with van der Waals surface area (Å²) in [5.74, 6) is -0.791. The zero-order valence-electron chi connectivity index (χ0n) is 22.9. The first-order valence-corrected chi connectivity index (χ1v) is 15.1. The molecule has 3 rings (SSSR count). The van der Waals surface area contributed by atoms with E-state index in [0.29, 0.717) is 17.3 Å². The molecule has 0 heterocycles. The highest BCUT2D eigenvalue weighted by molar-refractivity contribution is 7.92. The van der Waals surface area contributed by atoms with E-state index < -0.39 is 28.5 Å². The Balaban J connectivity index is 2.06. The molecule has 0 radical (unpaired) electrons. The van der Waals surface area contributed by atoms with Crippen molar-refractivity contribution in [2.24, 2.45) is 0 Å². The molecule has 0 aromatic heterocycles. The molecule has 9 heteroatoms. The number of anilines is 1. The number of nitrogens with zero attached hydrogens (tertiary/aromatic N) is 2. The maximum Gasteiger partial charge on any atom is 0.244 e. The monoisotopic (exact) mass is 569 g/mol. The van der Waals surface area contributed by atoms with Crippen LogP contribution < -0.4 is 9.62 Å². The normalized spacial score (nSPS) is 12.0. The van der Waals surface area contributed by atoms with E-state index in [1.807, 2.05) is 63.2 Å². The number of aryl methyl sites for hydroxylation is 2. The van der Waals surface area contributed by atoms with Crippen molar-refractivity contribution in [3.63, 3.8) is 0 Å². The Bertz CT molecular complexity index is 1380. The lowest BCUT2D eigenvalue weighted by atomic mass is 10.0. The van der Waals surface area contributed by atoms with Crippen molar-refractivity contribution < 1.29 is 18.0 Å². The molecule has 0 saturated heterocycles. The second-order valence-electron chi connectivity index (χ2n) is 9.76. The van der Waals surface area contributed by atoms with Crippen LogP contribution in [0.4, 0.5) is 5.69 Å². The molecule has 0 aliphatic rings. The molecule has 3 aromatic carbocycles. The standard InChI is InChI=1S/C30H36ClN3O4S/c1-5-14-32-30(36)28(19-24-10-7-6-8-11-24)33(20-25-12-9-13-26(31)18-25)29(35)21-34(39(4,37)38)27-16-22(2)15-23(3)17-27/h6-13,15-18,28H,5,14,19-21H2,1-4H3,(H,32,36). The molecular formula is C30H36ClN3O4S. The second-order valence-corrected chi connectivity index (χ2v) is 12.1. The van der Waals surface area contributed by atoms with Gasteiger partial charge in [-0.2, -0.15) is 0 Å². The van der Waals surface area contributed by atoms with Crippen molar-refractivity contribution in [2.45, 2.75) is 46.2 Å². The van der Waals surface area contributed by atoms with E-state index in [2.05, 4.69) is 5.32 Å². The smallest absolute Gasteiger partial charge is 0.244 e. The summed E-state index contributed by atoms with van der Waals surface area (Å²) in [6, 6.07) is 21.1. The number of sulfonamides is 1. The lowest BCUT2D eigenvalue weighted by molar-refractivity contribution is -0.140. The van der Waals surface area contributed by atoms with Gasteiger partial charge >= 0.3 is 0 Å². The third-order valence-electron chi connectivity index (χ3n) is 6.24. The lowest BCUT2D eigenvalue weighted by Gasteiger charge is -2.33. The maximum absolute atomic E-state index is 14.0. The topological polar surface area (TPSA) is 86.8 Å². The van der Waals surface area contributed by atoms with Crippen LogP contribution in [0.3, 0.4) is 0 Å². The van der Waals surface area contributed by atoms with Crippen molar-refractivity contribution in [1.29, 1.82) is 0 Å². The summed E-state index contributed by atoms with van der Waals surface area (Å²) in [6.45, 7) is 5.79.